The summed E-state index contributed by atoms with van der Waals surface area (Å²) in [5.74, 6) is -4.37. The Kier molecular flexibility index (Phi) is 10.5. The van der Waals surface area contributed by atoms with Gasteiger partial charge in [-0.3, -0.25) is 28.7 Å². The van der Waals surface area contributed by atoms with Gasteiger partial charge in [0.2, 0.25) is 21.8 Å². The summed E-state index contributed by atoms with van der Waals surface area (Å²) in [7, 11) is -3.90. The highest BCUT2D eigenvalue weighted by Gasteiger charge is 2.63. The molecule has 15 heteroatoms. The molecule has 2 saturated carbocycles. The molecule has 2 aliphatic carbocycles. The van der Waals surface area contributed by atoms with Gasteiger partial charge in [0.15, 0.2) is 0 Å². The van der Waals surface area contributed by atoms with Gasteiger partial charge < -0.3 is 19.9 Å². The number of thiophene rings is 1. The van der Waals surface area contributed by atoms with Crippen LogP contribution in [0.3, 0.4) is 0 Å². The minimum atomic E-state index is -3.90. The molecular weight excluding hydrogens is 731 g/mol. The number of aromatic nitrogens is 1. The van der Waals surface area contributed by atoms with Crippen LogP contribution in [0.25, 0.3) is 10.6 Å². The van der Waals surface area contributed by atoms with Gasteiger partial charge in [0.05, 0.1) is 22.2 Å². The maximum absolute atomic E-state index is 14.7. The van der Waals surface area contributed by atoms with Crippen molar-refractivity contribution in [3.05, 3.63) is 53.6 Å². The Labute approximate surface area is 320 Å². The van der Waals surface area contributed by atoms with Crippen molar-refractivity contribution >= 4 is 51.0 Å². The number of fused-ring (bicyclic) bond motifs is 4. The van der Waals surface area contributed by atoms with Crippen molar-refractivity contribution in [2.45, 2.75) is 101 Å². The second-order valence-corrected chi connectivity index (χ2v) is 19.4. The minimum absolute atomic E-state index is 0.138. The van der Waals surface area contributed by atoms with Gasteiger partial charge in [0, 0.05) is 43.3 Å². The van der Waals surface area contributed by atoms with Crippen LogP contribution >= 0.6 is 11.3 Å². The first-order valence-electron chi connectivity index (χ1n) is 19.0. The fraction of sp³-hybridized carbons (Fsp3) is 0.590. The van der Waals surface area contributed by atoms with Crippen molar-refractivity contribution in [1.82, 2.24) is 24.8 Å². The number of hydrogen-bond donors (Lipinski definition) is 2. The number of amides is 4. The van der Waals surface area contributed by atoms with Crippen molar-refractivity contribution in [2.24, 2.45) is 23.7 Å². The van der Waals surface area contributed by atoms with Crippen molar-refractivity contribution in [1.29, 1.82) is 0 Å². The molecule has 2 saturated heterocycles. The maximum atomic E-state index is 14.7. The number of esters is 1. The summed E-state index contributed by atoms with van der Waals surface area (Å²) in [6.45, 7) is 5.95. The quantitative estimate of drug-likeness (QED) is 0.311. The summed E-state index contributed by atoms with van der Waals surface area (Å²) >= 11 is 1.52. The van der Waals surface area contributed by atoms with E-state index in [1.54, 1.807) is 37.8 Å². The van der Waals surface area contributed by atoms with Gasteiger partial charge in [-0.25, -0.2) is 13.4 Å². The van der Waals surface area contributed by atoms with Gasteiger partial charge in [-0.05, 0) is 82.9 Å². The number of carbonyl (C=O) groups is 5. The topological polar surface area (TPSA) is 172 Å². The summed E-state index contributed by atoms with van der Waals surface area (Å²) in [4.78, 5) is 78.8. The number of nitrogens with zero attached hydrogens (tertiary/aromatic N) is 3. The molecule has 0 unspecified atom stereocenters. The average molecular weight is 780 g/mol. The summed E-state index contributed by atoms with van der Waals surface area (Å²) in [6.07, 6.45) is 8.34. The molecule has 13 nitrogen and oxygen atoms in total. The van der Waals surface area contributed by atoms with Gasteiger partial charge in [-0.15, -0.1) is 11.3 Å². The normalized spacial score (nSPS) is 29.5. The van der Waals surface area contributed by atoms with Crippen LogP contribution in [-0.4, -0.2) is 94.9 Å². The van der Waals surface area contributed by atoms with Gasteiger partial charge in [-0.2, -0.15) is 0 Å². The van der Waals surface area contributed by atoms with Gasteiger partial charge in [0.25, 0.3) is 11.8 Å². The molecule has 4 amide bonds. The van der Waals surface area contributed by atoms with E-state index >= 15 is 0 Å². The van der Waals surface area contributed by atoms with Crippen molar-refractivity contribution in [3.63, 3.8) is 0 Å². The predicted molar refractivity (Wildman–Crippen MR) is 201 cm³/mol. The number of sulfonamides is 1. The monoisotopic (exact) mass is 779 g/mol. The number of carbonyl (C=O) groups excluding carboxylic acids is 5. The third-order valence-electron chi connectivity index (χ3n) is 11.2. The predicted octanol–water partition coefficient (Wildman–Crippen LogP) is 4.06. The Bertz CT molecular complexity index is 1940. The first-order chi connectivity index (χ1) is 25.6. The van der Waals surface area contributed by atoms with Crippen LogP contribution in [0, 0.1) is 23.7 Å². The fourth-order valence-electron chi connectivity index (χ4n) is 8.23. The molecule has 5 aliphatic rings. The van der Waals surface area contributed by atoms with Crippen LogP contribution in [0.1, 0.15) is 89.0 Å². The summed E-state index contributed by atoms with van der Waals surface area (Å²) in [5.41, 5.74) is -1.28. The van der Waals surface area contributed by atoms with Gasteiger partial charge >= 0.3 is 5.97 Å². The lowest BCUT2D eigenvalue weighted by Gasteiger charge is -2.33. The number of hydrogen-bond acceptors (Lipinski definition) is 10. The molecule has 3 aliphatic heterocycles. The Hall–Kier alpha value is -4.11. The molecule has 0 aromatic carbocycles. The van der Waals surface area contributed by atoms with Gasteiger partial charge in [-0.1, -0.05) is 37.1 Å². The van der Waals surface area contributed by atoms with E-state index in [4.69, 9.17) is 4.74 Å². The summed E-state index contributed by atoms with van der Waals surface area (Å²) in [6, 6.07) is 8.10. The number of allylic oxidation sites excluding steroid dienone is 1. The minimum Gasteiger partial charge on any atom is -0.460 e. The first-order valence-corrected chi connectivity index (χ1v) is 21.4. The van der Waals surface area contributed by atoms with E-state index in [9.17, 15) is 32.4 Å². The van der Waals surface area contributed by atoms with Crippen LogP contribution in [0.5, 0.6) is 0 Å². The van der Waals surface area contributed by atoms with Crippen LogP contribution in [-0.2, 0) is 33.9 Å². The summed E-state index contributed by atoms with van der Waals surface area (Å²) < 4.78 is 33.6. The molecule has 54 heavy (non-hydrogen) atoms. The molecule has 2 aromatic heterocycles. The van der Waals surface area contributed by atoms with Crippen LogP contribution in [0.2, 0.25) is 0 Å². The van der Waals surface area contributed by atoms with E-state index < -0.39 is 68.0 Å². The second kappa shape index (κ2) is 14.9. The first kappa shape index (κ1) is 38.2. The molecule has 5 heterocycles. The molecular formula is C39H49N5O8S2. The Balaban J connectivity index is 1.18. The lowest BCUT2D eigenvalue weighted by atomic mass is 9.92. The zero-order valence-electron chi connectivity index (χ0n) is 31.0. The van der Waals surface area contributed by atoms with Crippen LogP contribution in [0.4, 0.5) is 0 Å². The van der Waals surface area contributed by atoms with E-state index in [2.05, 4.69) is 15.0 Å². The fourth-order valence-corrected chi connectivity index (χ4v) is 10.3. The van der Waals surface area contributed by atoms with Crippen LogP contribution < -0.4 is 10.0 Å². The zero-order chi connectivity index (χ0) is 38.4. The highest BCUT2D eigenvalue weighted by Crippen LogP contribution is 2.47. The zero-order valence-corrected chi connectivity index (χ0v) is 32.6. The summed E-state index contributed by atoms with van der Waals surface area (Å²) in [5, 5.41) is 4.26. The molecule has 0 spiro atoms. The average Bonchev–Trinajstić information content (AvgIpc) is 3.91. The second-order valence-electron chi connectivity index (χ2n) is 16.5. The number of ether oxygens (including phenoxy) is 1. The van der Waals surface area contributed by atoms with E-state index in [1.807, 2.05) is 35.7 Å². The SMILES string of the molecule is CC(C)(C)OC(=O)C[C@H]1CCCCC/C=C\[C@@H]2C[C@@]2(C(=O)NS(=O)(=O)C2CC2)NC(=O)[C@@H]2[C@H]3CN(C(=O)c4cccc(-c5cccs5)n4)C[C@H]3CN2C1=O. The van der Waals surface area contributed by atoms with E-state index in [-0.39, 0.29) is 55.9 Å². The number of rotatable bonds is 7. The largest absolute Gasteiger partial charge is 0.460 e. The lowest BCUT2D eigenvalue weighted by molar-refractivity contribution is -0.159. The third-order valence-corrected chi connectivity index (χ3v) is 13.9. The molecule has 4 fully saturated rings. The molecule has 290 valence electrons. The van der Waals surface area contributed by atoms with E-state index in [1.165, 1.54) is 16.2 Å². The molecule has 2 aromatic rings. The molecule has 0 bridgehead atoms. The smallest absolute Gasteiger partial charge is 0.307 e. The van der Waals surface area contributed by atoms with Gasteiger partial charge in [0.1, 0.15) is 22.9 Å². The Morgan fingerprint density at radius 2 is 1.83 bits per heavy atom. The van der Waals surface area contributed by atoms with E-state index in [0.717, 1.165) is 17.7 Å². The Morgan fingerprint density at radius 1 is 1.04 bits per heavy atom. The van der Waals surface area contributed by atoms with Crippen molar-refractivity contribution in [2.75, 3.05) is 19.6 Å². The van der Waals surface area contributed by atoms with Crippen molar-refractivity contribution < 1.29 is 37.1 Å². The highest BCUT2D eigenvalue weighted by atomic mass is 32.2. The van der Waals surface area contributed by atoms with E-state index in [0.29, 0.717) is 37.8 Å². The van der Waals surface area contributed by atoms with Crippen molar-refractivity contribution in [3.8, 4) is 10.6 Å². The maximum Gasteiger partial charge on any atom is 0.307 e. The number of pyridine rings is 1. The third kappa shape index (κ3) is 8.12. The molecule has 6 atom stereocenters. The standard InChI is InChI=1S/C39H49N5O8S2/c1-38(2,3)52-32(45)19-24-11-7-5-4-6-8-12-26-20-39(26,37(49)42-54(50,51)27-16-17-27)41-34(46)33-28-23-43(21-25(28)22-44(33)35(24)47)36(48)30-14-9-13-29(40-30)31-15-10-18-53-31/h8-10,12-15,18,24-28,33H,4-7,11,16-17,19-23H2,1-3H3,(H,41,46)(H,42,49)/b12-8-/t24-,25+,26-,28+,33+,39-/m1/s1. The lowest BCUT2D eigenvalue weighted by Crippen LogP contribution is -2.58. The molecule has 0 radical (unpaired) electrons. The molecule has 2 N–H and O–H groups in total. The number of nitrogens with one attached hydrogen (secondary N) is 2. The highest BCUT2D eigenvalue weighted by molar-refractivity contribution is 7.91. The van der Waals surface area contributed by atoms with Crippen LogP contribution in [0.15, 0.2) is 47.9 Å². The number of likely N-dealkylation sites (tertiary alicyclic amines) is 1. The Morgan fingerprint density at radius 3 is 2.56 bits per heavy atom. The molecule has 7 rings (SSSR count).